The van der Waals surface area contributed by atoms with Crippen LogP contribution >= 0.6 is 0 Å². The molecule has 1 aliphatic rings. The molecule has 0 spiro atoms. The van der Waals surface area contributed by atoms with Crippen molar-refractivity contribution in [3.8, 4) is 5.75 Å². The van der Waals surface area contributed by atoms with Gasteiger partial charge in [-0.2, -0.15) is 13.5 Å². The van der Waals surface area contributed by atoms with E-state index in [9.17, 15) is 56.4 Å². The highest BCUT2D eigenvalue weighted by molar-refractivity contribution is 7.85. The first-order valence-electron chi connectivity index (χ1n) is 23.5. The van der Waals surface area contributed by atoms with Crippen molar-refractivity contribution < 1.29 is 61.2 Å². The van der Waals surface area contributed by atoms with Gasteiger partial charge in [0.2, 0.25) is 29.5 Å². The second-order valence-electron chi connectivity index (χ2n) is 17.2. The van der Waals surface area contributed by atoms with Crippen molar-refractivity contribution in [2.24, 2.45) is 16.1 Å². The van der Waals surface area contributed by atoms with Gasteiger partial charge >= 0.3 is 12.0 Å². The smallest absolute Gasteiger partial charge is 0.315 e. The third kappa shape index (κ3) is 18.7. The van der Waals surface area contributed by atoms with E-state index >= 15 is 0 Å². The highest BCUT2D eigenvalue weighted by Crippen LogP contribution is 2.18. The number of aliphatic carboxylic acids is 1. The van der Waals surface area contributed by atoms with Crippen LogP contribution in [-0.2, 0) is 58.4 Å². The Hall–Kier alpha value is -8.32. The molecule has 0 aliphatic carbocycles. The Labute approximate surface area is 426 Å². The van der Waals surface area contributed by atoms with Gasteiger partial charge in [0.1, 0.15) is 29.9 Å². The molecule has 4 aromatic rings. The number of hydrogen-bond donors (Lipinski definition) is 10. The van der Waals surface area contributed by atoms with Crippen LogP contribution in [0.25, 0.3) is 0 Å². The number of pyridine rings is 1. The molecule has 1 aliphatic heterocycles. The zero-order valence-corrected chi connectivity index (χ0v) is 41.4. The first-order valence-corrected chi connectivity index (χ1v) is 24.9. The zero-order valence-electron chi connectivity index (χ0n) is 40.5. The predicted molar refractivity (Wildman–Crippen MR) is 265 cm³/mol. The Morgan fingerprint density at radius 1 is 0.757 bits per heavy atom. The summed E-state index contributed by atoms with van der Waals surface area (Å²) in [6, 6.07) is 18.5. The molecule has 0 radical (unpaired) electrons. The van der Waals surface area contributed by atoms with E-state index < -0.39 is 101 Å². The van der Waals surface area contributed by atoms with Crippen molar-refractivity contribution in [3.05, 3.63) is 119 Å². The van der Waals surface area contributed by atoms with Crippen molar-refractivity contribution >= 4 is 63.4 Å². The maximum absolute atomic E-state index is 14.0. The van der Waals surface area contributed by atoms with Crippen LogP contribution in [0.4, 0.5) is 10.6 Å². The first-order chi connectivity index (χ1) is 35.4. The van der Waals surface area contributed by atoms with Crippen LogP contribution in [0.15, 0.2) is 112 Å². The minimum atomic E-state index is -4.44. The van der Waals surface area contributed by atoms with E-state index in [1.807, 2.05) is 30.3 Å². The maximum atomic E-state index is 14.0. The number of azo groups is 1. The van der Waals surface area contributed by atoms with Gasteiger partial charge in [0.25, 0.3) is 16.0 Å². The van der Waals surface area contributed by atoms with E-state index in [2.05, 4.69) is 57.7 Å². The number of carbonyl (C=O) groups is 8. The Morgan fingerprint density at radius 2 is 1.45 bits per heavy atom. The molecule has 0 saturated carbocycles. The van der Waals surface area contributed by atoms with Gasteiger partial charge < -0.3 is 52.4 Å². The lowest BCUT2D eigenvalue weighted by molar-refractivity contribution is -0.141. The molecular formula is C49H59N11O13S. The quantitative estimate of drug-likeness (QED) is 0.0324. The third-order valence-corrected chi connectivity index (χ3v) is 12.1. The summed E-state index contributed by atoms with van der Waals surface area (Å²) in [5.41, 5.74) is 1.90. The minimum absolute atomic E-state index is 0.00770. The number of carbonyl (C=O) groups excluding carboxylic acids is 7. The van der Waals surface area contributed by atoms with E-state index in [1.54, 1.807) is 44.2 Å². The van der Waals surface area contributed by atoms with Crippen LogP contribution in [0.5, 0.6) is 5.75 Å². The molecule has 3 unspecified atom stereocenters. The van der Waals surface area contributed by atoms with Crippen LogP contribution in [0.1, 0.15) is 66.6 Å². The van der Waals surface area contributed by atoms with Crippen molar-refractivity contribution in [1.82, 2.24) is 47.5 Å². The fraction of sp³-hybridized carbons (Fsp3) is 0.367. The van der Waals surface area contributed by atoms with Crippen LogP contribution in [0, 0.1) is 5.92 Å². The summed E-state index contributed by atoms with van der Waals surface area (Å²) >= 11 is 0. The summed E-state index contributed by atoms with van der Waals surface area (Å²) in [7, 11) is -4.44. The van der Waals surface area contributed by atoms with Gasteiger partial charge in [-0.1, -0.05) is 74.5 Å². The number of rotatable bonds is 21. The van der Waals surface area contributed by atoms with Gasteiger partial charge in [-0.3, -0.25) is 38.1 Å². The summed E-state index contributed by atoms with van der Waals surface area (Å²) in [6.45, 7) is 3.33. The number of aromatic nitrogens is 1. The molecule has 1 aromatic heterocycles. The highest BCUT2D eigenvalue weighted by Gasteiger charge is 2.34. The Bertz CT molecular complexity index is 2750. The van der Waals surface area contributed by atoms with Crippen LogP contribution in [0.2, 0.25) is 0 Å². The van der Waals surface area contributed by atoms with Gasteiger partial charge in [-0.15, -0.1) is 5.11 Å². The SMILES string of the molecule is CC(C)[C@H]1NC(=O)C(CCCNC(=O)NCc2ccccc2)NC(=O)CNC(=O)C(CC(=O)O)NC(=O)C(Cc2ccc(OCCCNC(=O)c3ccc(N=NCc4ccccc4S(=O)(=O)O)nc3)cc2)NC1=O. The molecule has 74 heavy (non-hydrogen) atoms. The number of ether oxygens (including phenoxy) is 1. The average Bonchev–Trinajstić information content (AvgIpc) is 3.37. The Morgan fingerprint density at radius 3 is 2.14 bits per heavy atom. The second kappa shape index (κ2) is 28.1. The van der Waals surface area contributed by atoms with Gasteiger partial charge in [0.15, 0.2) is 5.82 Å². The summed E-state index contributed by atoms with van der Waals surface area (Å²) in [5.74, 6) is -6.01. The molecular weight excluding hydrogens is 983 g/mol. The van der Waals surface area contributed by atoms with Gasteiger partial charge in [0.05, 0.1) is 36.6 Å². The summed E-state index contributed by atoms with van der Waals surface area (Å²) in [4.78, 5) is 109. The topological polar surface area (TPSA) is 354 Å². The van der Waals surface area contributed by atoms with Crippen molar-refractivity contribution in [2.75, 3.05) is 26.2 Å². The van der Waals surface area contributed by atoms with E-state index in [-0.39, 0.29) is 73.9 Å². The first kappa shape index (κ1) is 56.6. The summed E-state index contributed by atoms with van der Waals surface area (Å²) < 4.78 is 38.5. The zero-order chi connectivity index (χ0) is 53.6. The number of amides is 8. The van der Waals surface area contributed by atoms with Crippen LogP contribution in [0.3, 0.4) is 0 Å². The minimum Gasteiger partial charge on any atom is -0.494 e. The van der Waals surface area contributed by atoms with E-state index in [4.69, 9.17) is 4.74 Å². The molecule has 3 aromatic carbocycles. The number of nitrogens with zero attached hydrogens (tertiary/aromatic N) is 3. The average molecular weight is 1040 g/mol. The maximum Gasteiger partial charge on any atom is 0.315 e. The van der Waals surface area contributed by atoms with E-state index in [1.165, 1.54) is 36.5 Å². The molecule has 10 N–H and O–H groups in total. The fourth-order valence-electron chi connectivity index (χ4n) is 7.24. The standard InChI is InChI=1S/C49H59N11O13S/c1-30(2)43-48(68)58-37(47(67)57-38(25-42(62)63)45(65)53-29-41(61)56-36(46(66)59-43)13-8-21-51-49(69)54-26-32-10-4-3-5-11-32)24-31-15-18-35(19-16-31)73-23-9-22-50-44(64)34-17-20-40(52-27-34)60-55-28-33-12-6-7-14-39(33)74(70,71)72/h3-7,10-12,14-20,27,30,36-38,43H,8-9,13,21-26,28-29H2,1-2H3,(H,50,64)(H,53,65)(H,56,61)(H,57,67)(H,58,68)(H,59,66)(H,62,63)(H2,51,54,69)(H,70,71,72)/t36?,37?,38?,43-/m1/s1. The molecule has 25 heteroatoms. The number of hydrogen-bond acceptors (Lipinski definition) is 14. The van der Waals surface area contributed by atoms with Gasteiger partial charge in [-0.25, -0.2) is 9.78 Å². The van der Waals surface area contributed by atoms with Gasteiger partial charge in [-0.05, 0) is 72.2 Å². The summed E-state index contributed by atoms with van der Waals surface area (Å²) in [6.07, 6.45) is 0.917. The molecule has 5 rings (SSSR count). The number of carboxylic acids is 1. The third-order valence-electron chi connectivity index (χ3n) is 11.1. The molecule has 2 heterocycles. The van der Waals surface area contributed by atoms with Crippen molar-refractivity contribution in [2.45, 2.75) is 88.1 Å². The molecule has 1 saturated heterocycles. The van der Waals surface area contributed by atoms with Crippen molar-refractivity contribution in [1.29, 1.82) is 0 Å². The van der Waals surface area contributed by atoms with Crippen molar-refractivity contribution in [3.63, 3.8) is 0 Å². The number of urea groups is 1. The van der Waals surface area contributed by atoms with E-state index in [0.29, 0.717) is 17.7 Å². The molecule has 8 amide bonds. The molecule has 0 bridgehead atoms. The highest BCUT2D eigenvalue weighted by atomic mass is 32.2. The lowest BCUT2D eigenvalue weighted by atomic mass is 9.99. The second-order valence-corrected chi connectivity index (χ2v) is 18.6. The predicted octanol–water partition coefficient (Wildman–Crippen LogP) is 1.83. The largest absolute Gasteiger partial charge is 0.494 e. The lowest BCUT2D eigenvalue weighted by Crippen LogP contribution is -2.59. The molecule has 4 atom stereocenters. The molecule has 1 fully saturated rings. The Balaban J connectivity index is 1.16. The number of carboxylic acid groups (broad SMARTS) is 1. The molecule has 24 nitrogen and oxygen atoms in total. The lowest BCUT2D eigenvalue weighted by Gasteiger charge is -2.27. The number of nitrogens with one attached hydrogen (secondary N) is 8. The summed E-state index contributed by atoms with van der Waals surface area (Å²) in [5, 5.41) is 38.3. The number of benzene rings is 3. The van der Waals surface area contributed by atoms with Crippen LogP contribution in [-0.4, -0.2) is 121 Å². The van der Waals surface area contributed by atoms with E-state index in [0.717, 1.165) is 5.56 Å². The molecule has 394 valence electrons. The van der Waals surface area contributed by atoms with Crippen LogP contribution < -0.4 is 47.3 Å². The fourth-order valence-corrected chi connectivity index (χ4v) is 7.96. The normalized spacial score (nSPS) is 17.9. The monoisotopic (exact) mass is 1040 g/mol. The Kier molecular flexibility index (Phi) is 21.5. The van der Waals surface area contributed by atoms with Gasteiger partial charge in [0, 0.05) is 32.3 Å².